The molecule has 1 aromatic carbocycles. The van der Waals surface area contributed by atoms with Gasteiger partial charge in [0.05, 0.1) is 11.6 Å². The largest absolute Gasteiger partial charge is 0.461 e. The van der Waals surface area contributed by atoms with Crippen molar-refractivity contribution in [2.45, 2.75) is 38.2 Å². The Bertz CT molecular complexity index is 780. The summed E-state index contributed by atoms with van der Waals surface area (Å²) in [4.78, 5) is 24.9. The first kappa shape index (κ1) is 17.6. The second-order valence-electron chi connectivity index (χ2n) is 5.76. The van der Waals surface area contributed by atoms with Gasteiger partial charge in [0.1, 0.15) is 11.1 Å². The van der Waals surface area contributed by atoms with Crippen molar-refractivity contribution < 1.29 is 19.1 Å². The van der Waals surface area contributed by atoms with Crippen LogP contribution in [0.15, 0.2) is 17.0 Å². The fraction of sp³-hybridized carbons (Fsp3) is 0.400. The molecule has 0 saturated carbocycles. The highest BCUT2D eigenvalue weighted by molar-refractivity contribution is 7.80. The van der Waals surface area contributed by atoms with Crippen LogP contribution in [0.25, 0.3) is 10.9 Å². The zero-order chi connectivity index (χ0) is 17.4. The number of hydrogen-bond donors (Lipinski definition) is 1. The first-order chi connectivity index (χ1) is 10.7. The van der Waals surface area contributed by atoms with E-state index in [-0.39, 0.29) is 22.8 Å². The number of aromatic nitrogens is 2. The lowest BCUT2D eigenvalue weighted by atomic mass is 10.2. The topological polar surface area (TPSA) is 70.4 Å². The summed E-state index contributed by atoms with van der Waals surface area (Å²) >= 11 is 10.5. The van der Waals surface area contributed by atoms with Crippen LogP contribution in [-0.2, 0) is 9.47 Å². The monoisotopic (exact) mass is 356 g/mol. The number of ether oxygens (including phenoxy) is 2. The van der Waals surface area contributed by atoms with Gasteiger partial charge in [-0.2, -0.15) is 9.78 Å². The average Bonchev–Trinajstić information content (AvgIpc) is 2.81. The van der Waals surface area contributed by atoms with E-state index in [1.807, 2.05) is 0 Å². The lowest BCUT2D eigenvalue weighted by Gasteiger charge is -2.19. The second-order valence-corrected chi connectivity index (χ2v) is 6.62. The number of carbonyl (C=O) groups is 2. The van der Waals surface area contributed by atoms with E-state index in [1.54, 1.807) is 39.8 Å². The molecule has 0 aliphatic heterocycles. The number of rotatable bonds is 2. The molecule has 1 heterocycles. The molecule has 0 amide bonds. The Kier molecular flexibility index (Phi) is 4.91. The highest BCUT2D eigenvalue weighted by Crippen LogP contribution is 2.32. The Hall–Kier alpha value is -1.73. The van der Waals surface area contributed by atoms with Crippen LogP contribution in [0.5, 0.6) is 0 Å². The van der Waals surface area contributed by atoms with Crippen LogP contribution in [0.3, 0.4) is 0 Å². The number of thiol groups is 1. The SMILES string of the molecule is CCOC(=O)c1nn(C(=O)OC(C)(C)C)c2c(Cl)c(S)ccc12. The first-order valence-electron chi connectivity index (χ1n) is 6.96. The number of carbonyl (C=O) groups excluding carboxylic acids is 2. The quantitative estimate of drug-likeness (QED) is 0.652. The van der Waals surface area contributed by atoms with Gasteiger partial charge in [-0.05, 0) is 39.8 Å². The molecule has 0 saturated heterocycles. The summed E-state index contributed by atoms with van der Waals surface area (Å²) in [5, 5.41) is 4.65. The lowest BCUT2D eigenvalue weighted by molar-refractivity contribution is 0.0505. The molecule has 8 heteroatoms. The molecule has 2 aromatic rings. The van der Waals surface area contributed by atoms with Gasteiger partial charge in [-0.3, -0.25) is 0 Å². The number of fused-ring (bicyclic) bond motifs is 1. The highest BCUT2D eigenvalue weighted by atomic mass is 35.5. The fourth-order valence-corrected chi connectivity index (χ4v) is 2.37. The van der Waals surface area contributed by atoms with Gasteiger partial charge < -0.3 is 9.47 Å². The smallest absolute Gasteiger partial charge is 0.435 e. The molecule has 124 valence electrons. The van der Waals surface area contributed by atoms with Crippen molar-refractivity contribution in [3.05, 3.63) is 22.8 Å². The standard InChI is InChI=1S/C15H17ClN2O4S/c1-5-21-13(19)11-8-6-7-9(23)10(16)12(8)18(17-11)14(20)22-15(2,3)4/h6-7,23H,5H2,1-4H3. The van der Waals surface area contributed by atoms with Crippen molar-refractivity contribution in [1.29, 1.82) is 0 Å². The van der Waals surface area contributed by atoms with Crippen LogP contribution < -0.4 is 0 Å². The van der Waals surface area contributed by atoms with Gasteiger partial charge in [-0.1, -0.05) is 11.6 Å². The number of esters is 1. The molecule has 1 aromatic heterocycles. The Morgan fingerprint density at radius 2 is 2.00 bits per heavy atom. The van der Waals surface area contributed by atoms with E-state index in [0.717, 1.165) is 4.68 Å². The fourth-order valence-electron chi connectivity index (χ4n) is 1.94. The number of halogens is 1. The lowest BCUT2D eigenvalue weighted by Crippen LogP contribution is -2.28. The van der Waals surface area contributed by atoms with Crippen LogP contribution in [-0.4, -0.2) is 34.1 Å². The maximum atomic E-state index is 12.4. The molecule has 23 heavy (non-hydrogen) atoms. The van der Waals surface area contributed by atoms with Crippen molar-refractivity contribution >= 4 is 47.2 Å². The Labute approximate surface area is 144 Å². The molecule has 0 radical (unpaired) electrons. The van der Waals surface area contributed by atoms with Gasteiger partial charge in [0.15, 0.2) is 5.69 Å². The van der Waals surface area contributed by atoms with E-state index in [4.69, 9.17) is 21.1 Å². The van der Waals surface area contributed by atoms with Crippen molar-refractivity contribution in [3.63, 3.8) is 0 Å². The van der Waals surface area contributed by atoms with E-state index in [1.165, 1.54) is 0 Å². The molecular weight excluding hydrogens is 340 g/mol. The van der Waals surface area contributed by atoms with E-state index in [0.29, 0.717) is 10.3 Å². The summed E-state index contributed by atoms with van der Waals surface area (Å²) in [6.07, 6.45) is -0.737. The summed E-state index contributed by atoms with van der Waals surface area (Å²) < 4.78 is 11.2. The molecule has 6 nitrogen and oxygen atoms in total. The normalized spacial score (nSPS) is 11.6. The van der Waals surface area contributed by atoms with Crippen LogP contribution in [0.2, 0.25) is 5.02 Å². The minimum atomic E-state index is -0.737. The molecule has 0 unspecified atom stereocenters. The van der Waals surface area contributed by atoms with Crippen molar-refractivity contribution in [2.75, 3.05) is 6.61 Å². The van der Waals surface area contributed by atoms with Crippen LogP contribution in [0.1, 0.15) is 38.2 Å². The number of nitrogens with zero attached hydrogens (tertiary/aromatic N) is 2. The maximum absolute atomic E-state index is 12.4. The van der Waals surface area contributed by atoms with E-state index < -0.39 is 17.7 Å². The maximum Gasteiger partial charge on any atom is 0.435 e. The molecule has 2 rings (SSSR count). The molecule has 0 fully saturated rings. The Balaban J connectivity index is 2.66. The number of hydrogen-bond acceptors (Lipinski definition) is 6. The first-order valence-corrected chi connectivity index (χ1v) is 7.79. The zero-order valence-electron chi connectivity index (χ0n) is 13.2. The Morgan fingerprint density at radius 1 is 1.35 bits per heavy atom. The van der Waals surface area contributed by atoms with Crippen LogP contribution >= 0.6 is 24.2 Å². The minimum Gasteiger partial charge on any atom is -0.461 e. The number of benzene rings is 1. The molecule has 0 aliphatic carbocycles. The molecule has 0 aliphatic rings. The van der Waals surface area contributed by atoms with Gasteiger partial charge in [-0.15, -0.1) is 12.6 Å². The van der Waals surface area contributed by atoms with Gasteiger partial charge in [-0.25, -0.2) is 9.59 Å². The van der Waals surface area contributed by atoms with Gasteiger partial charge in [0.25, 0.3) is 0 Å². The van der Waals surface area contributed by atoms with Crippen molar-refractivity contribution in [1.82, 2.24) is 9.78 Å². The van der Waals surface area contributed by atoms with Crippen molar-refractivity contribution in [2.24, 2.45) is 0 Å². The summed E-state index contributed by atoms with van der Waals surface area (Å²) in [6.45, 7) is 7.07. The minimum absolute atomic E-state index is 0.00272. The predicted octanol–water partition coefficient (Wildman–Crippen LogP) is 3.94. The van der Waals surface area contributed by atoms with Crippen LogP contribution in [0, 0.1) is 0 Å². The zero-order valence-corrected chi connectivity index (χ0v) is 14.9. The van der Waals surface area contributed by atoms with Gasteiger partial charge in [0.2, 0.25) is 0 Å². The molecule has 0 spiro atoms. The molecule has 0 bridgehead atoms. The third-order valence-corrected chi connectivity index (χ3v) is 3.68. The average molecular weight is 357 g/mol. The highest BCUT2D eigenvalue weighted by Gasteiger charge is 2.27. The van der Waals surface area contributed by atoms with E-state index in [2.05, 4.69) is 17.7 Å². The summed E-state index contributed by atoms with van der Waals surface area (Å²) in [5.41, 5.74) is -0.454. The van der Waals surface area contributed by atoms with Gasteiger partial charge in [0, 0.05) is 10.3 Å². The van der Waals surface area contributed by atoms with Gasteiger partial charge >= 0.3 is 12.1 Å². The third-order valence-electron chi connectivity index (χ3n) is 2.80. The second kappa shape index (κ2) is 6.41. The van der Waals surface area contributed by atoms with E-state index in [9.17, 15) is 9.59 Å². The summed E-state index contributed by atoms with van der Waals surface area (Å²) in [5.74, 6) is -0.636. The van der Waals surface area contributed by atoms with Crippen LogP contribution in [0.4, 0.5) is 4.79 Å². The summed E-state index contributed by atoms with van der Waals surface area (Å²) in [7, 11) is 0. The Morgan fingerprint density at radius 3 is 2.57 bits per heavy atom. The molecule has 0 N–H and O–H groups in total. The summed E-state index contributed by atoms with van der Waals surface area (Å²) in [6, 6.07) is 3.24. The van der Waals surface area contributed by atoms with E-state index >= 15 is 0 Å². The molecular formula is C15H17ClN2O4S. The predicted molar refractivity (Wildman–Crippen MR) is 89.6 cm³/mol. The third kappa shape index (κ3) is 3.61. The van der Waals surface area contributed by atoms with Crippen molar-refractivity contribution in [3.8, 4) is 0 Å². The molecule has 0 atom stereocenters.